The van der Waals surface area contributed by atoms with E-state index in [2.05, 4.69) is 56.8 Å². The van der Waals surface area contributed by atoms with Crippen LogP contribution in [-0.2, 0) is 23.2 Å². The van der Waals surface area contributed by atoms with Crippen molar-refractivity contribution in [3.8, 4) is 16.9 Å². The Morgan fingerprint density at radius 1 is 0.973 bits per heavy atom. The summed E-state index contributed by atoms with van der Waals surface area (Å²) in [6.07, 6.45) is 5.47. The highest BCUT2D eigenvalue weighted by molar-refractivity contribution is 5.96. The minimum absolute atomic E-state index is 0.0462. The molecular weight excluding hydrogens is 464 g/mol. The Kier molecular flexibility index (Phi) is 6.80. The number of anilines is 2. The summed E-state index contributed by atoms with van der Waals surface area (Å²) in [7, 11) is 4.22. The zero-order valence-corrected chi connectivity index (χ0v) is 23.0. The molecule has 0 bridgehead atoms. The van der Waals surface area contributed by atoms with Crippen LogP contribution < -0.4 is 9.80 Å². The van der Waals surface area contributed by atoms with Gasteiger partial charge < -0.3 is 24.7 Å². The zero-order valence-electron chi connectivity index (χ0n) is 23.0. The minimum Gasteiger partial charge on any atom is -0.507 e. The van der Waals surface area contributed by atoms with E-state index in [1.54, 1.807) is 0 Å². The molecule has 2 heterocycles. The lowest BCUT2D eigenvalue weighted by atomic mass is 9.62. The predicted molar refractivity (Wildman–Crippen MR) is 149 cm³/mol. The molecule has 0 unspecified atom stereocenters. The number of hydrogen-bond acceptors (Lipinski definition) is 5. The van der Waals surface area contributed by atoms with Crippen molar-refractivity contribution in [3.63, 3.8) is 0 Å². The van der Waals surface area contributed by atoms with Crippen LogP contribution in [0, 0.1) is 17.8 Å². The first-order valence-electron chi connectivity index (χ1n) is 14.0. The van der Waals surface area contributed by atoms with Crippen LogP contribution in [0.4, 0.5) is 16.2 Å². The second-order valence-electron chi connectivity index (χ2n) is 12.0. The highest BCUT2D eigenvalue weighted by Gasteiger charge is 2.51. The zero-order chi connectivity index (χ0) is 26.5. The largest absolute Gasteiger partial charge is 0.507 e. The quantitative estimate of drug-likeness (QED) is 0.444. The molecule has 0 saturated heterocycles. The molecule has 200 valence electrons. The second kappa shape index (κ2) is 9.77. The van der Waals surface area contributed by atoms with Gasteiger partial charge in [0.05, 0.1) is 5.69 Å². The molecule has 2 N–H and O–H groups in total. The first-order valence-corrected chi connectivity index (χ1v) is 14.0. The summed E-state index contributed by atoms with van der Waals surface area (Å²) in [4.78, 5) is 16.9. The van der Waals surface area contributed by atoms with Crippen LogP contribution in [0.25, 0.3) is 11.1 Å². The molecule has 2 aliphatic heterocycles. The van der Waals surface area contributed by atoms with Crippen molar-refractivity contribution in [1.82, 2.24) is 0 Å². The maximum Gasteiger partial charge on any atom is 0.506 e. The van der Waals surface area contributed by atoms with E-state index in [4.69, 9.17) is 4.74 Å². The van der Waals surface area contributed by atoms with Gasteiger partial charge in [0.1, 0.15) is 11.4 Å². The SMILES string of the molecule is CC(C)[C@@H]1CC[C@@H](C)C[C@]1(OC(=O)O)c1ccc2c(c1-c1c(O)ccc3c1N(C)CCC3)N(C)CCC2. The van der Waals surface area contributed by atoms with Gasteiger partial charge in [0.15, 0.2) is 0 Å². The summed E-state index contributed by atoms with van der Waals surface area (Å²) in [5.41, 5.74) is 6.37. The molecule has 37 heavy (non-hydrogen) atoms. The summed E-state index contributed by atoms with van der Waals surface area (Å²) in [6.45, 7) is 8.41. The topological polar surface area (TPSA) is 73.2 Å². The van der Waals surface area contributed by atoms with Gasteiger partial charge in [-0.25, -0.2) is 4.79 Å². The number of nitrogens with zero attached hydrogens (tertiary/aromatic N) is 2. The number of rotatable bonds is 4. The molecule has 1 aliphatic carbocycles. The van der Waals surface area contributed by atoms with E-state index in [9.17, 15) is 15.0 Å². The lowest BCUT2D eigenvalue weighted by Crippen LogP contribution is -2.47. The number of fused-ring (bicyclic) bond motifs is 2. The molecule has 1 saturated carbocycles. The number of ether oxygens (including phenoxy) is 1. The first kappa shape index (κ1) is 25.7. The van der Waals surface area contributed by atoms with Crippen molar-refractivity contribution in [2.75, 3.05) is 37.0 Å². The third kappa shape index (κ3) is 4.32. The molecule has 3 atom stereocenters. The standard InChI is InChI=1S/C31H42N2O4/c1-19(2)23-13-10-20(3)18-31(23,37-30(35)36)24-14-11-21-8-6-16-32(4)28(21)26(24)27-25(34)15-12-22-9-7-17-33(5)29(22)27/h11-12,14-15,19-20,23,34H,6-10,13,16-18H2,1-5H3,(H,35,36)/t20-,23+,31-/m1/s1. The van der Waals surface area contributed by atoms with E-state index in [1.807, 2.05) is 12.1 Å². The van der Waals surface area contributed by atoms with Crippen LogP contribution in [0.15, 0.2) is 24.3 Å². The smallest absolute Gasteiger partial charge is 0.506 e. The van der Waals surface area contributed by atoms with Crippen LogP contribution in [0.2, 0.25) is 0 Å². The summed E-state index contributed by atoms with van der Waals surface area (Å²) in [6, 6.07) is 8.19. The van der Waals surface area contributed by atoms with Gasteiger partial charge in [0.2, 0.25) is 0 Å². The number of aromatic hydroxyl groups is 1. The van der Waals surface area contributed by atoms with E-state index < -0.39 is 11.8 Å². The van der Waals surface area contributed by atoms with Crippen molar-refractivity contribution < 1.29 is 19.7 Å². The van der Waals surface area contributed by atoms with Gasteiger partial charge in [0.25, 0.3) is 0 Å². The molecule has 2 aromatic carbocycles. The van der Waals surface area contributed by atoms with Crippen LogP contribution in [0.1, 0.15) is 69.6 Å². The Balaban J connectivity index is 1.90. The lowest BCUT2D eigenvalue weighted by molar-refractivity contribution is -0.108. The number of phenols is 1. The summed E-state index contributed by atoms with van der Waals surface area (Å²) in [5.74, 6) is 0.868. The number of aryl methyl sites for hydroxylation is 2. The van der Waals surface area contributed by atoms with E-state index in [-0.39, 0.29) is 17.6 Å². The summed E-state index contributed by atoms with van der Waals surface area (Å²) >= 11 is 0. The van der Waals surface area contributed by atoms with E-state index in [0.29, 0.717) is 12.3 Å². The van der Waals surface area contributed by atoms with Gasteiger partial charge in [-0.3, -0.25) is 0 Å². The van der Waals surface area contributed by atoms with E-state index in [0.717, 1.165) is 79.7 Å². The third-order valence-corrected chi connectivity index (χ3v) is 9.14. The number of carbonyl (C=O) groups is 1. The van der Waals surface area contributed by atoms with Crippen molar-refractivity contribution in [2.45, 2.75) is 71.3 Å². The van der Waals surface area contributed by atoms with Crippen molar-refractivity contribution in [2.24, 2.45) is 17.8 Å². The molecule has 6 heteroatoms. The molecule has 0 radical (unpaired) electrons. The molecule has 2 aromatic rings. The third-order valence-electron chi connectivity index (χ3n) is 9.14. The molecule has 0 amide bonds. The number of benzene rings is 2. The Hall–Kier alpha value is -2.89. The Bertz CT molecular complexity index is 1190. The average Bonchev–Trinajstić information content (AvgIpc) is 2.83. The fraction of sp³-hybridized carbons (Fsp3) is 0.581. The Labute approximate surface area is 221 Å². The Morgan fingerprint density at radius 2 is 1.57 bits per heavy atom. The maximum absolute atomic E-state index is 12.4. The fourth-order valence-corrected chi connectivity index (χ4v) is 7.60. The monoisotopic (exact) mass is 506 g/mol. The molecular formula is C31H42N2O4. The number of carboxylic acid groups (broad SMARTS) is 1. The van der Waals surface area contributed by atoms with Crippen LogP contribution >= 0.6 is 0 Å². The molecule has 0 aromatic heterocycles. The second-order valence-corrected chi connectivity index (χ2v) is 12.0. The van der Waals surface area contributed by atoms with Gasteiger partial charge in [-0.2, -0.15) is 0 Å². The average molecular weight is 507 g/mol. The maximum atomic E-state index is 12.4. The first-order chi connectivity index (χ1) is 17.6. The van der Waals surface area contributed by atoms with Crippen molar-refractivity contribution in [1.29, 1.82) is 0 Å². The fourth-order valence-electron chi connectivity index (χ4n) is 7.60. The summed E-state index contributed by atoms with van der Waals surface area (Å²) in [5, 5.41) is 21.7. The highest BCUT2D eigenvalue weighted by Crippen LogP contribution is 2.57. The van der Waals surface area contributed by atoms with Gasteiger partial charge in [-0.1, -0.05) is 45.4 Å². The number of hydrogen-bond donors (Lipinski definition) is 2. The van der Waals surface area contributed by atoms with E-state index >= 15 is 0 Å². The van der Waals surface area contributed by atoms with E-state index in [1.165, 1.54) is 11.1 Å². The van der Waals surface area contributed by atoms with Gasteiger partial charge in [0, 0.05) is 55.5 Å². The van der Waals surface area contributed by atoms with Crippen molar-refractivity contribution >= 4 is 17.5 Å². The number of phenolic OH excluding ortho intramolecular Hbond substituents is 1. The Morgan fingerprint density at radius 3 is 2.16 bits per heavy atom. The minimum atomic E-state index is -1.23. The van der Waals surface area contributed by atoms with Gasteiger partial charge in [-0.05, 0) is 67.6 Å². The highest BCUT2D eigenvalue weighted by atomic mass is 16.7. The summed E-state index contributed by atoms with van der Waals surface area (Å²) < 4.78 is 6.11. The van der Waals surface area contributed by atoms with Crippen LogP contribution in [0.5, 0.6) is 5.75 Å². The van der Waals surface area contributed by atoms with Gasteiger partial charge >= 0.3 is 6.16 Å². The molecule has 3 aliphatic rings. The van der Waals surface area contributed by atoms with Crippen LogP contribution in [0.3, 0.4) is 0 Å². The molecule has 5 rings (SSSR count). The van der Waals surface area contributed by atoms with Crippen molar-refractivity contribution in [3.05, 3.63) is 41.0 Å². The lowest BCUT2D eigenvalue weighted by Gasteiger charge is -2.48. The molecule has 6 nitrogen and oxygen atoms in total. The van der Waals surface area contributed by atoms with Crippen LogP contribution in [-0.4, -0.2) is 43.6 Å². The predicted octanol–water partition coefficient (Wildman–Crippen LogP) is 6.81. The normalized spacial score (nSPS) is 25.6. The molecule has 1 fully saturated rings. The molecule has 0 spiro atoms. The van der Waals surface area contributed by atoms with Gasteiger partial charge in [-0.15, -0.1) is 0 Å².